The topological polar surface area (TPSA) is 47.0 Å². The molecule has 0 spiro atoms. The molecule has 0 aliphatic rings. The number of benzene rings is 4. The van der Waals surface area contributed by atoms with Crippen LogP contribution in [0.5, 0.6) is 11.6 Å². The van der Waals surface area contributed by atoms with E-state index in [-0.39, 0.29) is 0 Å². The van der Waals surface area contributed by atoms with Crippen LogP contribution in [0.4, 0.5) is 11.4 Å². The second-order valence-electron chi connectivity index (χ2n) is 7.35. The molecule has 4 aromatic carbocycles. The summed E-state index contributed by atoms with van der Waals surface area (Å²) >= 11 is 0. The largest absolute Gasteiger partial charge is 0.438 e. The van der Waals surface area contributed by atoms with Crippen molar-refractivity contribution in [2.24, 2.45) is 0 Å². The van der Waals surface area contributed by atoms with Crippen molar-refractivity contribution in [3.05, 3.63) is 109 Å². The van der Waals surface area contributed by atoms with Crippen molar-refractivity contribution >= 4 is 22.3 Å². The number of para-hydroxylation sites is 2. The molecule has 0 amide bonds. The van der Waals surface area contributed by atoms with Gasteiger partial charge in [-0.25, -0.2) is 4.98 Å². The molecule has 4 heteroatoms. The number of hydrogen-bond donors (Lipinski definition) is 1. The first-order chi connectivity index (χ1) is 15.2. The van der Waals surface area contributed by atoms with Crippen LogP contribution in [-0.4, -0.2) is 9.97 Å². The molecule has 4 nitrogen and oxygen atoms in total. The number of hydrogen-bond acceptors (Lipinski definition) is 4. The highest BCUT2D eigenvalue weighted by atomic mass is 16.5. The number of aryl methyl sites for hydroxylation is 1. The van der Waals surface area contributed by atoms with E-state index in [2.05, 4.69) is 36.5 Å². The van der Waals surface area contributed by atoms with Gasteiger partial charge in [-0.2, -0.15) is 4.98 Å². The lowest BCUT2D eigenvalue weighted by molar-refractivity contribution is 0.469. The van der Waals surface area contributed by atoms with E-state index in [9.17, 15) is 0 Å². The monoisotopic (exact) mass is 403 g/mol. The van der Waals surface area contributed by atoms with Gasteiger partial charge in [0.15, 0.2) is 5.82 Å². The second kappa shape index (κ2) is 8.28. The number of anilines is 2. The van der Waals surface area contributed by atoms with Crippen LogP contribution in [0.1, 0.15) is 5.56 Å². The Labute approximate surface area is 181 Å². The Morgan fingerprint density at radius 3 is 2.03 bits per heavy atom. The number of fused-ring (bicyclic) bond motifs is 1. The first-order valence-corrected chi connectivity index (χ1v) is 10.2. The summed E-state index contributed by atoms with van der Waals surface area (Å²) in [5.74, 6) is 1.93. The Balaban J connectivity index is 1.47. The molecule has 0 unspecified atom stereocenters. The highest BCUT2D eigenvalue weighted by molar-refractivity contribution is 5.85. The Morgan fingerprint density at radius 1 is 0.645 bits per heavy atom. The summed E-state index contributed by atoms with van der Waals surface area (Å²) in [6.07, 6.45) is 0. The fourth-order valence-electron chi connectivity index (χ4n) is 3.36. The number of ether oxygens (including phenoxy) is 1. The summed E-state index contributed by atoms with van der Waals surface area (Å²) in [5.41, 5.74) is 5.08. The normalized spacial score (nSPS) is 10.7. The van der Waals surface area contributed by atoms with Crippen LogP contribution in [0.2, 0.25) is 0 Å². The van der Waals surface area contributed by atoms with Crippen LogP contribution >= 0.6 is 0 Å². The maximum atomic E-state index is 6.10. The van der Waals surface area contributed by atoms with Crippen LogP contribution in [0, 0.1) is 6.92 Å². The smallest absolute Gasteiger partial charge is 0.230 e. The molecular weight excluding hydrogens is 382 g/mol. The first-order valence-electron chi connectivity index (χ1n) is 10.2. The minimum atomic E-state index is 0.550. The molecule has 150 valence electrons. The molecule has 0 aliphatic heterocycles. The lowest BCUT2D eigenvalue weighted by Gasteiger charge is -2.11. The van der Waals surface area contributed by atoms with Crippen LogP contribution in [-0.2, 0) is 0 Å². The lowest BCUT2D eigenvalue weighted by Crippen LogP contribution is -1.96. The van der Waals surface area contributed by atoms with Gasteiger partial charge in [0.05, 0.1) is 10.9 Å². The summed E-state index contributed by atoms with van der Waals surface area (Å²) in [4.78, 5) is 9.50. The average molecular weight is 403 g/mol. The highest BCUT2D eigenvalue weighted by Crippen LogP contribution is 2.30. The van der Waals surface area contributed by atoms with Gasteiger partial charge in [0.2, 0.25) is 5.88 Å². The Hall–Kier alpha value is -4.18. The highest BCUT2D eigenvalue weighted by Gasteiger charge is 2.11. The molecule has 31 heavy (non-hydrogen) atoms. The molecule has 0 saturated carbocycles. The second-order valence-corrected chi connectivity index (χ2v) is 7.35. The maximum absolute atomic E-state index is 6.10. The van der Waals surface area contributed by atoms with Crippen molar-refractivity contribution in [3.63, 3.8) is 0 Å². The molecule has 1 aromatic heterocycles. The SMILES string of the molecule is Cc1ccc(Nc2ccc(-c3nc(Oc4ccccc4)c4ccccc4n3)cc2)cc1. The van der Waals surface area contributed by atoms with E-state index in [0.717, 1.165) is 33.6 Å². The van der Waals surface area contributed by atoms with Crippen LogP contribution in [0.15, 0.2) is 103 Å². The summed E-state index contributed by atoms with van der Waals surface area (Å²) in [5, 5.41) is 4.30. The van der Waals surface area contributed by atoms with Crippen LogP contribution in [0.25, 0.3) is 22.3 Å². The Kier molecular flexibility index (Phi) is 5.03. The van der Waals surface area contributed by atoms with Gasteiger partial charge in [0, 0.05) is 16.9 Å². The summed E-state index contributed by atoms with van der Waals surface area (Å²) in [6, 6.07) is 34.0. The summed E-state index contributed by atoms with van der Waals surface area (Å²) in [7, 11) is 0. The molecular formula is C27H21N3O. The number of nitrogens with zero attached hydrogens (tertiary/aromatic N) is 2. The maximum Gasteiger partial charge on any atom is 0.230 e. The third-order valence-electron chi connectivity index (χ3n) is 5.01. The van der Waals surface area contributed by atoms with Gasteiger partial charge in [-0.15, -0.1) is 0 Å². The van der Waals surface area contributed by atoms with Gasteiger partial charge in [-0.05, 0) is 67.6 Å². The average Bonchev–Trinajstić information content (AvgIpc) is 2.82. The fraction of sp³-hybridized carbons (Fsp3) is 0.0370. The van der Waals surface area contributed by atoms with Gasteiger partial charge >= 0.3 is 0 Å². The molecule has 0 bridgehead atoms. The molecule has 5 rings (SSSR count). The van der Waals surface area contributed by atoms with Gasteiger partial charge in [-0.1, -0.05) is 48.0 Å². The van der Waals surface area contributed by atoms with E-state index >= 15 is 0 Å². The summed E-state index contributed by atoms with van der Waals surface area (Å²) in [6.45, 7) is 2.08. The molecule has 0 radical (unpaired) electrons. The molecule has 0 saturated heterocycles. The third kappa shape index (κ3) is 4.23. The van der Waals surface area contributed by atoms with Crippen molar-refractivity contribution in [1.82, 2.24) is 9.97 Å². The number of aromatic nitrogens is 2. The van der Waals surface area contributed by atoms with E-state index in [1.807, 2.05) is 78.9 Å². The minimum Gasteiger partial charge on any atom is -0.438 e. The van der Waals surface area contributed by atoms with Crippen molar-refractivity contribution in [1.29, 1.82) is 0 Å². The fourth-order valence-corrected chi connectivity index (χ4v) is 3.36. The van der Waals surface area contributed by atoms with Crippen molar-refractivity contribution < 1.29 is 4.74 Å². The van der Waals surface area contributed by atoms with Gasteiger partial charge in [-0.3, -0.25) is 0 Å². The zero-order chi connectivity index (χ0) is 21.0. The van der Waals surface area contributed by atoms with Gasteiger partial charge in [0.25, 0.3) is 0 Å². The summed E-state index contributed by atoms with van der Waals surface area (Å²) < 4.78 is 6.10. The zero-order valence-corrected chi connectivity index (χ0v) is 17.1. The molecule has 5 aromatic rings. The number of nitrogens with one attached hydrogen (secondary N) is 1. The molecule has 0 atom stereocenters. The first kappa shape index (κ1) is 18.8. The lowest BCUT2D eigenvalue weighted by atomic mass is 10.1. The molecule has 1 N–H and O–H groups in total. The standard InChI is InChI=1S/C27H21N3O/c1-19-11-15-21(16-12-19)28-22-17-13-20(14-18-22)26-29-25-10-6-5-9-24(25)27(30-26)31-23-7-3-2-4-8-23/h2-18,28H,1H3. The van der Waals surface area contributed by atoms with E-state index in [4.69, 9.17) is 14.7 Å². The Bertz CT molecular complexity index is 1310. The minimum absolute atomic E-state index is 0.550. The van der Waals surface area contributed by atoms with Crippen LogP contribution in [0.3, 0.4) is 0 Å². The quantitative estimate of drug-likeness (QED) is 0.339. The molecule has 1 heterocycles. The van der Waals surface area contributed by atoms with E-state index in [0.29, 0.717) is 11.7 Å². The van der Waals surface area contributed by atoms with E-state index < -0.39 is 0 Å². The zero-order valence-electron chi connectivity index (χ0n) is 17.1. The van der Waals surface area contributed by atoms with Crippen LogP contribution < -0.4 is 10.1 Å². The van der Waals surface area contributed by atoms with Crippen molar-refractivity contribution in [2.45, 2.75) is 6.92 Å². The van der Waals surface area contributed by atoms with Crippen molar-refractivity contribution in [3.8, 4) is 23.0 Å². The predicted octanol–water partition coefficient (Wildman–Crippen LogP) is 7.14. The third-order valence-corrected chi connectivity index (χ3v) is 5.01. The molecule has 0 fully saturated rings. The Morgan fingerprint density at radius 2 is 1.29 bits per heavy atom. The predicted molar refractivity (Wildman–Crippen MR) is 126 cm³/mol. The van der Waals surface area contributed by atoms with E-state index in [1.54, 1.807) is 0 Å². The van der Waals surface area contributed by atoms with Crippen molar-refractivity contribution in [2.75, 3.05) is 5.32 Å². The number of rotatable bonds is 5. The molecule has 0 aliphatic carbocycles. The van der Waals surface area contributed by atoms with Gasteiger partial charge < -0.3 is 10.1 Å². The van der Waals surface area contributed by atoms with E-state index in [1.165, 1.54) is 5.56 Å². The van der Waals surface area contributed by atoms with Gasteiger partial charge in [0.1, 0.15) is 5.75 Å².